The lowest BCUT2D eigenvalue weighted by molar-refractivity contribution is -0.125. The molecule has 1 aliphatic carbocycles. The van der Waals surface area contributed by atoms with Crippen LogP contribution in [-0.2, 0) is 16.9 Å². The number of aromatic nitrogens is 2. The van der Waals surface area contributed by atoms with Crippen LogP contribution in [0.25, 0.3) is 10.9 Å². The van der Waals surface area contributed by atoms with Crippen LogP contribution in [0.1, 0.15) is 45.8 Å². The van der Waals surface area contributed by atoms with E-state index in [1.807, 2.05) is 30.6 Å². The summed E-state index contributed by atoms with van der Waals surface area (Å²) in [6.45, 7) is 4.64. The van der Waals surface area contributed by atoms with Gasteiger partial charge < -0.3 is 20.1 Å². The highest BCUT2D eigenvalue weighted by Gasteiger charge is 2.44. The Balaban J connectivity index is 0.000000166. The third kappa shape index (κ3) is 4.28. The van der Waals surface area contributed by atoms with Gasteiger partial charge in [-0.3, -0.25) is 14.4 Å². The Kier molecular flexibility index (Phi) is 6.33. The van der Waals surface area contributed by atoms with Crippen LogP contribution in [0.2, 0.25) is 0 Å². The summed E-state index contributed by atoms with van der Waals surface area (Å²) in [5.41, 5.74) is 3.32. The topological polar surface area (TPSA) is 96.3 Å². The van der Waals surface area contributed by atoms with Crippen molar-refractivity contribution in [1.82, 2.24) is 19.8 Å². The van der Waals surface area contributed by atoms with E-state index in [9.17, 15) is 14.4 Å². The molecule has 9 heteroatoms. The molecular weight excluding hydrogens is 438 g/mol. The fourth-order valence-corrected chi connectivity index (χ4v) is 5.00. The number of amides is 2. The molecule has 172 valence electrons. The third-order valence-corrected chi connectivity index (χ3v) is 7.16. The fourth-order valence-electron chi connectivity index (χ4n) is 4.34. The zero-order valence-corrected chi connectivity index (χ0v) is 19.6. The van der Waals surface area contributed by atoms with Crippen molar-refractivity contribution in [2.24, 2.45) is 0 Å². The van der Waals surface area contributed by atoms with Crippen LogP contribution in [-0.4, -0.2) is 53.2 Å². The number of thiazole rings is 1. The van der Waals surface area contributed by atoms with Crippen molar-refractivity contribution in [2.75, 3.05) is 26.0 Å². The molecule has 5 rings (SSSR count). The maximum Gasteiger partial charge on any atom is 0.268 e. The second-order valence-corrected chi connectivity index (χ2v) is 9.21. The smallest absolute Gasteiger partial charge is 0.268 e. The monoisotopic (exact) mass is 465 g/mol. The van der Waals surface area contributed by atoms with Crippen LogP contribution in [0.15, 0.2) is 42.3 Å². The molecule has 33 heavy (non-hydrogen) atoms. The number of carbonyl (C=O) groups excluding carboxylic acids is 3. The maximum atomic E-state index is 12.0. The maximum absolute atomic E-state index is 12.0. The van der Waals surface area contributed by atoms with Gasteiger partial charge >= 0.3 is 0 Å². The number of anilines is 1. The largest absolute Gasteiger partial charge is 0.365 e. The molecule has 0 unspecified atom stereocenters. The number of fused-ring (bicyclic) bond motifs is 4. The predicted molar refractivity (Wildman–Crippen MR) is 130 cm³/mol. The number of hydrogen-bond donors (Lipinski definition) is 2. The van der Waals surface area contributed by atoms with Crippen molar-refractivity contribution >= 4 is 45.5 Å². The zero-order chi connectivity index (χ0) is 23.6. The SMILES string of the molecule is C=CC(=O)N(C)Cc1csc(NC)n1.O=Cc1ccc2cc3n(c2c1)C1(CCC1)CNC3=O. The summed E-state index contributed by atoms with van der Waals surface area (Å²) in [4.78, 5) is 40.0. The molecular formula is C24H27N5O3S. The van der Waals surface area contributed by atoms with E-state index in [4.69, 9.17) is 0 Å². The Morgan fingerprint density at radius 1 is 1.39 bits per heavy atom. The van der Waals surface area contributed by atoms with Crippen LogP contribution in [0.3, 0.4) is 0 Å². The molecule has 0 atom stereocenters. The summed E-state index contributed by atoms with van der Waals surface area (Å²) in [6.07, 6.45) is 5.54. The Hall–Kier alpha value is -3.46. The van der Waals surface area contributed by atoms with Gasteiger partial charge in [0.15, 0.2) is 5.13 Å². The predicted octanol–water partition coefficient (Wildman–Crippen LogP) is 3.41. The van der Waals surface area contributed by atoms with Gasteiger partial charge in [-0.05, 0) is 37.5 Å². The molecule has 8 nitrogen and oxygen atoms in total. The van der Waals surface area contributed by atoms with Crippen molar-refractivity contribution in [2.45, 2.75) is 31.3 Å². The summed E-state index contributed by atoms with van der Waals surface area (Å²) in [5, 5.41) is 9.76. The second kappa shape index (κ2) is 9.19. The lowest BCUT2D eigenvalue weighted by Gasteiger charge is -2.47. The average Bonchev–Trinajstić information content (AvgIpc) is 3.43. The van der Waals surface area contributed by atoms with E-state index in [0.29, 0.717) is 18.7 Å². The van der Waals surface area contributed by atoms with Crippen molar-refractivity contribution < 1.29 is 14.4 Å². The van der Waals surface area contributed by atoms with Gasteiger partial charge in [-0.2, -0.15) is 0 Å². The molecule has 3 heterocycles. The first-order valence-electron chi connectivity index (χ1n) is 10.8. The summed E-state index contributed by atoms with van der Waals surface area (Å²) in [5.74, 6) is -0.106. The highest BCUT2D eigenvalue weighted by atomic mass is 32.1. The number of likely N-dealkylation sites (N-methyl/N-ethyl adjacent to an activating group) is 1. The van der Waals surface area contributed by atoms with E-state index in [1.165, 1.54) is 23.8 Å². The summed E-state index contributed by atoms with van der Waals surface area (Å²) in [7, 11) is 3.55. The first kappa shape index (κ1) is 22.7. The second-order valence-electron chi connectivity index (χ2n) is 8.35. The lowest BCUT2D eigenvalue weighted by Crippen LogP contribution is -2.55. The van der Waals surface area contributed by atoms with Crippen LogP contribution in [0.4, 0.5) is 5.13 Å². The van der Waals surface area contributed by atoms with E-state index in [0.717, 1.165) is 46.6 Å². The molecule has 3 aromatic rings. The van der Waals surface area contributed by atoms with Crippen molar-refractivity contribution in [3.63, 3.8) is 0 Å². The summed E-state index contributed by atoms with van der Waals surface area (Å²) in [6, 6.07) is 7.54. The van der Waals surface area contributed by atoms with E-state index in [2.05, 4.69) is 26.8 Å². The van der Waals surface area contributed by atoms with Gasteiger partial charge in [0.25, 0.3) is 5.91 Å². The Morgan fingerprint density at radius 2 is 2.18 bits per heavy atom. The normalized spacial score (nSPS) is 15.5. The van der Waals surface area contributed by atoms with Gasteiger partial charge in [0.1, 0.15) is 12.0 Å². The van der Waals surface area contributed by atoms with E-state index >= 15 is 0 Å². The molecule has 1 spiro atoms. The number of carbonyl (C=O) groups is 3. The quantitative estimate of drug-likeness (QED) is 0.445. The van der Waals surface area contributed by atoms with Crippen molar-refractivity contribution in [3.8, 4) is 0 Å². The van der Waals surface area contributed by atoms with E-state index < -0.39 is 0 Å². The zero-order valence-electron chi connectivity index (χ0n) is 18.8. The highest BCUT2D eigenvalue weighted by molar-refractivity contribution is 7.13. The Labute approximate surface area is 196 Å². The van der Waals surface area contributed by atoms with Gasteiger partial charge in [-0.25, -0.2) is 4.98 Å². The van der Waals surface area contributed by atoms with Crippen LogP contribution in [0.5, 0.6) is 0 Å². The number of rotatable bonds is 5. The molecule has 0 bridgehead atoms. The van der Waals surface area contributed by atoms with Gasteiger partial charge in [0, 0.05) is 42.5 Å². The molecule has 0 radical (unpaired) electrons. The average molecular weight is 466 g/mol. The summed E-state index contributed by atoms with van der Waals surface area (Å²) < 4.78 is 2.16. The minimum absolute atomic E-state index is 0.0126. The molecule has 2 aromatic heterocycles. The molecule has 2 amide bonds. The van der Waals surface area contributed by atoms with Crippen molar-refractivity contribution in [3.05, 3.63) is 59.3 Å². The molecule has 2 aliphatic rings. The highest BCUT2D eigenvalue weighted by Crippen LogP contribution is 2.44. The number of benzene rings is 1. The minimum atomic E-state index is -0.0935. The minimum Gasteiger partial charge on any atom is -0.365 e. The molecule has 1 fully saturated rings. The molecule has 1 saturated carbocycles. The van der Waals surface area contributed by atoms with Crippen LogP contribution < -0.4 is 10.6 Å². The standard InChI is InChI=1S/C15H14N2O2.C9H13N3OS/c18-8-10-2-3-11-7-13-14(19)16-9-15(4-1-5-15)17(13)12(11)6-10;1-4-8(13)12(3)5-7-6-14-9(10-2)11-7/h2-3,6-8H,1,4-5,9H2,(H,16,19);4,6H,1,5H2,2-3H3,(H,10,11). The van der Waals surface area contributed by atoms with Gasteiger partial charge in [-0.1, -0.05) is 18.7 Å². The Morgan fingerprint density at radius 3 is 2.79 bits per heavy atom. The third-order valence-electron chi connectivity index (χ3n) is 6.25. The molecule has 2 N–H and O–H groups in total. The van der Waals surface area contributed by atoms with E-state index in [-0.39, 0.29) is 17.4 Å². The Bertz CT molecular complexity index is 1220. The number of aldehydes is 1. The van der Waals surface area contributed by atoms with Crippen LogP contribution in [0, 0.1) is 0 Å². The van der Waals surface area contributed by atoms with Gasteiger partial charge in [0.2, 0.25) is 5.91 Å². The molecule has 1 aliphatic heterocycles. The van der Waals surface area contributed by atoms with Gasteiger partial charge in [0.05, 0.1) is 17.8 Å². The first-order chi connectivity index (χ1) is 15.9. The van der Waals surface area contributed by atoms with Crippen molar-refractivity contribution in [1.29, 1.82) is 0 Å². The first-order valence-corrected chi connectivity index (χ1v) is 11.7. The number of hydrogen-bond acceptors (Lipinski definition) is 6. The molecule has 0 saturated heterocycles. The number of nitrogens with one attached hydrogen (secondary N) is 2. The molecule has 1 aromatic carbocycles. The fraction of sp³-hybridized carbons (Fsp3) is 0.333. The van der Waals surface area contributed by atoms with Gasteiger partial charge in [-0.15, -0.1) is 11.3 Å². The number of nitrogens with zero attached hydrogens (tertiary/aromatic N) is 3. The van der Waals surface area contributed by atoms with Crippen LogP contribution >= 0.6 is 11.3 Å². The lowest BCUT2D eigenvalue weighted by atomic mass is 9.75. The van der Waals surface area contributed by atoms with E-state index in [1.54, 1.807) is 18.0 Å². The summed E-state index contributed by atoms with van der Waals surface area (Å²) >= 11 is 1.52.